The van der Waals surface area contributed by atoms with Crippen molar-refractivity contribution in [1.82, 2.24) is 0 Å². The minimum Gasteiger partial charge on any atom is -0.595 e. The normalized spacial score (nSPS) is 13.8. The molecule has 6 nitrogen and oxygen atoms in total. The first kappa shape index (κ1) is 13.5. The van der Waals surface area contributed by atoms with Crippen LogP contribution in [0, 0.1) is 10.4 Å². The van der Waals surface area contributed by atoms with Crippen LogP contribution in [0.15, 0.2) is 54.6 Å². The molecular formula is C13H14N2O4. The molecule has 6 heteroatoms. The third-order valence-corrected chi connectivity index (χ3v) is 2.50. The lowest BCUT2D eigenvalue weighted by Crippen LogP contribution is -3.04. The van der Waals surface area contributed by atoms with Crippen molar-refractivity contribution in [2.24, 2.45) is 0 Å². The molecule has 0 radical (unpaired) electrons. The van der Waals surface area contributed by atoms with Gasteiger partial charge in [0.1, 0.15) is 0 Å². The van der Waals surface area contributed by atoms with Crippen LogP contribution in [0.5, 0.6) is 5.75 Å². The second kappa shape index (κ2) is 6.28. The van der Waals surface area contributed by atoms with Gasteiger partial charge in [0.25, 0.3) is 0 Å². The van der Waals surface area contributed by atoms with Gasteiger partial charge in [-0.2, -0.15) is 5.23 Å². The zero-order valence-corrected chi connectivity index (χ0v) is 10.3. The maximum Gasteiger partial charge on any atom is 0.191 e. The lowest BCUT2D eigenvalue weighted by atomic mass is 10.3. The summed E-state index contributed by atoms with van der Waals surface area (Å²) in [5.41, 5.74) is 0.760. The Morgan fingerprint density at radius 1 is 0.789 bits per heavy atom. The number of quaternary nitrogens is 2. The maximum absolute atomic E-state index is 11.8. The van der Waals surface area contributed by atoms with E-state index in [-0.39, 0.29) is 0 Å². The van der Waals surface area contributed by atoms with E-state index in [1.165, 1.54) is 31.4 Å². The monoisotopic (exact) mass is 262 g/mol. The van der Waals surface area contributed by atoms with Crippen molar-refractivity contribution in [3.63, 3.8) is 0 Å². The van der Waals surface area contributed by atoms with E-state index in [4.69, 9.17) is 4.84 Å². The summed E-state index contributed by atoms with van der Waals surface area (Å²) < 4.78 is 0. The maximum atomic E-state index is 11.8. The minimum atomic E-state index is -0.470. The number of rotatable bonds is 5. The van der Waals surface area contributed by atoms with Crippen molar-refractivity contribution >= 4 is 11.4 Å². The van der Waals surface area contributed by atoms with Crippen molar-refractivity contribution < 1.29 is 20.1 Å². The quantitative estimate of drug-likeness (QED) is 0.759. The molecule has 100 valence electrons. The van der Waals surface area contributed by atoms with E-state index < -0.39 is 10.5 Å². The van der Waals surface area contributed by atoms with E-state index in [0.29, 0.717) is 17.1 Å². The molecule has 0 saturated carbocycles. The Morgan fingerprint density at radius 3 is 1.84 bits per heavy atom. The molecule has 0 spiro atoms. The second-order valence-electron chi connectivity index (χ2n) is 3.77. The molecule has 0 bridgehead atoms. The van der Waals surface area contributed by atoms with Crippen LogP contribution in [0.3, 0.4) is 0 Å². The van der Waals surface area contributed by atoms with Gasteiger partial charge in [0.15, 0.2) is 17.1 Å². The van der Waals surface area contributed by atoms with E-state index in [1.807, 2.05) is 6.07 Å². The first-order valence-corrected chi connectivity index (χ1v) is 5.66. The van der Waals surface area contributed by atoms with Crippen molar-refractivity contribution in [3.05, 3.63) is 65.0 Å². The summed E-state index contributed by atoms with van der Waals surface area (Å²) >= 11 is 0. The van der Waals surface area contributed by atoms with E-state index in [2.05, 4.69) is 4.84 Å². The molecule has 0 fully saturated rings. The molecule has 19 heavy (non-hydrogen) atoms. The molecule has 2 atom stereocenters. The van der Waals surface area contributed by atoms with Gasteiger partial charge >= 0.3 is 0 Å². The predicted molar refractivity (Wildman–Crippen MR) is 68.5 cm³/mol. The Labute approximate surface area is 110 Å². The van der Waals surface area contributed by atoms with Crippen molar-refractivity contribution in [1.29, 1.82) is 0 Å². The van der Waals surface area contributed by atoms with Gasteiger partial charge < -0.3 is 15.3 Å². The Bertz CT molecular complexity index is 504. The highest BCUT2D eigenvalue weighted by Crippen LogP contribution is 2.09. The minimum absolute atomic E-state index is 0.372. The third kappa shape index (κ3) is 3.50. The Morgan fingerprint density at radius 2 is 1.32 bits per heavy atom. The molecule has 0 heterocycles. The summed E-state index contributed by atoms with van der Waals surface area (Å²) in [5.74, 6) is 0.476. The van der Waals surface area contributed by atoms with Gasteiger partial charge in [-0.1, -0.05) is 18.2 Å². The smallest absolute Gasteiger partial charge is 0.191 e. The predicted octanol–water partition coefficient (Wildman–Crippen LogP) is 0.270. The molecule has 0 aliphatic heterocycles. The van der Waals surface area contributed by atoms with Gasteiger partial charge in [-0.05, 0) is 12.1 Å². The van der Waals surface area contributed by atoms with Crippen LogP contribution in [0.25, 0.3) is 0 Å². The van der Waals surface area contributed by atoms with Crippen LogP contribution >= 0.6 is 0 Å². The van der Waals surface area contributed by atoms with E-state index >= 15 is 0 Å². The number of para-hydroxylation sites is 1. The number of hydrogen-bond donors (Lipinski definition) is 2. The Balaban J connectivity index is 2.05. The van der Waals surface area contributed by atoms with E-state index in [9.17, 15) is 10.4 Å². The highest BCUT2D eigenvalue weighted by molar-refractivity contribution is 5.39. The molecule has 2 unspecified atom stereocenters. The van der Waals surface area contributed by atoms with Gasteiger partial charge in [-0.25, -0.2) is 4.84 Å². The van der Waals surface area contributed by atoms with Crippen LogP contribution in [-0.4, -0.2) is 7.11 Å². The standard InChI is InChI=1S/C13H14N2O4/c1-18-14(16)11-7-9-12(10-8-11)15(17)19-13-5-3-2-4-6-13/h2-10,14-15H,1H3. The molecule has 2 aromatic carbocycles. The molecule has 0 aromatic heterocycles. The fourth-order valence-electron chi connectivity index (χ4n) is 1.51. The molecule has 2 rings (SSSR count). The SMILES string of the molecule is CO[NH+]([O-])c1ccc([NH+]([O-])Oc2ccccc2)cc1. The summed E-state index contributed by atoms with van der Waals surface area (Å²) in [4.78, 5) is 9.75. The third-order valence-electron chi connectivity index (χ3n) is 2.50. The van der Waals surface area contributed by atoms with Gasteiger partial charge in [-0.3, -0.25) is 0 Å². The number of hydrogen-bond acceptors (Lipinski definition) is 4. The van der Waals surface area contributed by atoms with Gasteiger partial charge in [-0.15, -0.1) is 5.23 Å². The lowest BCUT2D eigenvalue weighted by Gasteiger charge is -2.21. The zero-order chi connectivity index (χ0) is 13.7. The van der Waals surface area contributed by atoms with Crippen LogP contribution in [0.2, 0.25) is 0 Å². The lowest BCUT2D eigenvalue weighted by molar-refractivity contribution is -0.992. The first-order chi connectivity index (χ1) is 9.20. The average molecular weight is 262 g/mol. The van der Waals surface area contributed by atoms with Crippen LogP contribution in [0.4, 0.5) is 11.4 Å². The van der Waals surface area contributed by atoms with Crippen LogP contribution in [-0.2, 0) is 4.84 Å². The second-order valence-corrected chi connectivity index (χ2v) is 3.77. The highest BCUT2D eigenvalue weighted by Gasteiger charge is 2.08. The Hall–Kier alpha value is -1.96. The van der Waals surface area contributed by atoms with Gasteiger partial charge in [0.2, 0.25) is 0 Å². The molecule has 2 N–H and O–H groups in total. The fourth-order valence-corrected chi connectivity index (χ4v) is 1.51. The number of benzene rings is 2. The van der Waals surface area contributed by atoms with E-state index in [0.717, 1.165) is 0 Å². The van der Waals surface area contributed by atoms with E-state index in [1.54, 1.807) is 24.3 Å². The molecule has 0 saturated heterocycles. The summed E-state index contributed by atoms with van der Waals surface area (Å²) in [6.45, 7) is 0. The molecule has 0 aliphatic rings. The summed E-state index contributed by atoms with van der Waals surface area (Å²) in [7, 11) is 1.31. The summed E-state index contributed by atoms with van der Waals surface area (Å²) in [6, 6.07) is 14.9. The summed E-state index contributed by atoms with van der Waals surface area (Å²) in [5, 5.41) is 22.2. The largest absolute Gasteiger partial charge is 0.595 e. The Kier molecular flexibility index (Phi) is 4.45. The van der Waals surface area contributed by atoms with Gasteiger partial charge in [0.05, 0.1) is 7.11 Å². The fraction of sp³-hybridized carbons (Fsp3) is 0.0769. The average Bonchev–Trinajstić information content (AvgIpc) is 2.47. The van der Waals surface area contributed by atoms with Crippen molar-refractivity contribution in [2.75, 3.05) is 7.11 Å². The van der Waals surface area contributed by atoms with Crippen molar-refractivity contribution in [3.8, 4) is 5.75 Å². The molecule has 0 aliphatic carbocycles. The van der Waals surface area contributed by atoms with Crippen molar-refractivity contribution in [2.45, 2.75) is 0 Å². The molecule has 2 aromatic rings. The zero-order valence-electron chi connectivity index (χ0n) is 10.3. The highest BCUT2D eigenvalue weighted by atomic mass is 16.9. The van der Waals surface area contributed by atoms with Crippen LogP contribution in [0.1, 0.15) is 0 Å². The number of nitrogens with one attached hydrogen (secondary N) is 2. The summed E-state index contributed by atoms with van der Waals surface area (Å²) in [6.07, 6.45) is 0. The molecular weight excluding hydrogens is 248 g/mol. The van der Waals surface area contributed by atoms with Crippen LogP contribution < -0.4 is 15.3 Å². The topological polar surface area (TPSA) is 73.5 Å². The molecule has 0 amide bonds. The first-order valence-electron chi connectivity index (χ1n) is 5.66. The van der Waals surface area contributed by atoms with Gasteiger partial charge in [0, 0.05) is 24.3 Å².